The summed E-state index contributed by atoms with van der Waals surface area (Å²) in [6, 6.07) is 0. The Bertz CT molecular complexity index is 447. The summed E-state index contributed by atoms with van der Waals surface area (Å²) in [5, 5.41) is 0. The van der Waals surface area contributed by atoms with Crippen LogP contribution in [-0.2, 0) is 0 Å². The van der Waals surface area contributed by atoms with Gasteiger partial charge in [-0.15, -0.1) is 0 Å². The third kappa shape index (κ3) is 2.63. The Balaban J connectivity index is 0.000000117. The van der Waals surface area contributed by atoms with E-state index >= 15 is 0 Å². The van der Waals surface area contributed by atoms with E-state index in [-0.39, 0.29) is 0 Å². The zero-order valence-electron chi connectivity index (χ0n) is 12.3. The molecule has 19 heavy (non-hydrogen) atoms. The number of hydrogen-bond acceptors (Lipinski definition) is 0. The van der Waals surface area contributed by atoms with E-state index < -0.39 is 0 Å². The number of hydrogen-bond donors (Lipinski definition) is 0. The van der Waals surface area contributed by atoms with E-state index in [2.05, 4.69) is 50.3 Å². The van der Waals surface area contributed by atoms with Crippen LogP contribution in [0.25, 0.3) is 0 Å². The van der Waals surface area contributed by atoms with Crippen LogP contribution in [-0.4, -0.2) is 0 Å². The molecule has 0 heteroatoms. The van der Waals surface area contributed by atoms with Crippen molar-refractivity contribution in [3.63, 3.8) is 0 Å². The predicted octanol–water partition coefficient (Wildman–Crippen LogP) is 5.45. The fourth-order valence-corrected chi connectivity index (χ4v) is 4.14. The molecule has 2 saturated carbocycles. The van der Waals surface area contributed by atoms with Crippen molar-refractivity contribution < 1.29 is 0 Å². The van der Waals surface area contributed by atoms with Crippen molar-refractivity contribution in [2.45, 2.75) is 46.0 Å². The Labute approximate surface area is 118 Å². The van der Waals surface area contributed by atoms with Crippen LogP contribution >= 0.6 is 0 Å². The molecule has 0 aromatic heterocycles. The number of rotatable bonds is 1. The third-order valence-corrected chi connectivity index (χ3v) is 5.13. The van der Waals surface area contributed by atoms with Crippen LogP contribution in [0.3, 0.4) is 0 Å². The standard InChI is InChI=1S/C10H14.C9H12/c1-2-3-9-6-8-4-5-10(9)7-8;1-2-8-5-7-3-4-9(8)6-7/h3-5,8,10H,2,6-7H2,1H3;2-4,7,9H,5-6H2,1H3/b9-3-;8-2-. The van der Waals surface area contributed by atoms with Gasteiger partial charge in [-0.3, -0.25) is 0 Å². The van der Waals surface area contributed by atoms with Gasteiger partial charge in [0.05, 0.1) is 0 Å². The van der Waals surface area contributed by atoms with Crippen LogP contribution < -0.4 is 0 Å². The average Bonchev–Trinajstić information content (AvgIpc) is 3.19. The van der Waals surface area contributed by atoms with Gasteiger partial charge in [-0.1, -0.05) is 54.5 Å². The van der Waals surface area contributed by atoms with Gasteiger partial charge in [0.25, 0.3) is 0 Å². The highest BCUT2D eigenvalue weighted by atomic mass is 14.3. The molecular formula is C19H26. The first-order valence-corrected chi connectivity index (χ1v) is 8.00. The topological polar surface area (TPSA) is 0 Å². The molecule has 4 aliphatic rings. The normalized spacial score (nSPS) is 41.4. The van der Waals surface area contributed by atoms with Gasteiger partial charge in [0.2, 0.25) is 0 Å². The van der Waals surface area contributed by atoms with E-state index in [4.69, 9.17) is 0 Å². The molecule has 0 spiro atoms. The fraction of sp³-hybridized carbons (Fsp3) is 0.579. The molecule has 0 radical (unpaired) electrons. The van der Waals surface area contributed by atoms with Crippen LogP contribution in [0.5, 0.6) is 0 Å². The Hall–Kier alpha value is -1.04. The smallest absolute Gasteiger partial charge is 0.00173 e. The van der Waals surface area contributed by atoms with Crippen molar-refractivity contribution in [3.05, 3.63) is 47.6 Å². The lowest BCUT2D eigenvalue weighted by Gasteiger charge is -2.06. The molecule has 2 fully saturated rings. The molecule has 4 rings (SSSR count). The van der Waals surface area contributed by atoms with Crippen molar-refractivity contribution in [3.8, 4) is 0 Å². The van der Waals surface area contributed by atoms with Crippen molar-refractivity contribution in [2.24, 2.45) is 23.7 Å². The Kier molecular flexibility index (Phi) is 3.77. The second-order valence-corrected chi connectivity index (χ2v) is 6.43. The minimum absolute atomic E-state index is 0.833. The summed E-state index contributed by atoms with van der Waals surface area (Å²) in [7, 11) is 0. The first kappa shape index (κ1) is 13.0. The van der Waals surface area contributed by atoms with Crippen LogP contribution in [0, 0.1) is 23.7 Å². The molecule has 4 bridgehead atoms. The lowest BCUT2D eigenvalue weighted by molar-refractivity contribution is 0.693. The SMILES string of the molecule is C/C=C1/CC2C=CC1C2.CC/C=C1/CC2C=CC1C2. The highest BCUT2D eigenvalue weighted by Crippen LogP contribution is 2.43. The molecule has 0 aromatic carbocycles. The van der Waals surface area contributed by atoms with E-state index in [1.807, 2.05) is 0 Å². The maximum Gasteiger partial charge on any atom is -0.00173 e. The maximum absolute atomic E-state index is 2.41. The zero-order valence-corrected chi connectivity index (χ0v) is 12.3. The van der Waals surface area contributed by atoms with Crippen LogP contribution in [0.4, 0.5) is 0 Å². The summed E-state index contributed by atoms with van der Waals surface area (Å²) in [4.78, 5) is 0. The first-order chi connectivity index (χ1) is 9.30. The molecule has 0 nitrogen and oxygen atoms in total. The van der Waals surface area contributed by atoms with E-state index in [9.17, 15) is 0 Å². The second kappa shape index (κ2) is 5.53. The van der Waals surface area contributed by atoms with Crippen LogP contribution in [0.1, 0.15) is 46.0 Å². The highest BCUT2D eigenvalue weighted by Gasteiger charge is 2.30. The summed E-state index contributed by atoms with van der Waals surface area (Å²) < 4.78 is 0. The molecule has 102 valence electrons. The van der Waals surface area contributed by atoms with Gasteiger partial charge in [-0.25, -0.2) is 0 Å². The van der Waals surface area contributed by atoms with E-state index in [1.54, 1.807) is 11.1 Å². The van der Waals surface area contributed by atoms with Crippen molar-refractivity contribution in [1.82, 2.24) is 0 Å². The van der Waals surface area contributed by atoms with Gasteiger partial charge in [-0.2, -0.15) is 0 Å². The lowest BCUT2D eigenvalue weighted by atomic mass is 10.00. The van der Waals surface area contributed by atoms with Crippen LogP contribution in [0.2, 0.25) is 0 Å². The Morgan fingerprint density at radius 3 is 1.84 bits per heavy atom. The molecule has 0 aliphatic heterocycles. The zero-order chi connectivity index (χ0) is 13.2. The van der Waals surface area contributed by atoms with Gasteiger partial charge in [0, 0.05) is 0 Å². The molecule has 4 atom stereocenters. The molecule has 4 unspecified atom stereocenters. The van der Waals surface area contributed by atoms with Crippen molar-refractivity contribution in [1.29, 1.82) is 0 Å². The highest BCUT2D eigenvalue weighted by molar-refractivity contribution is 5.27. The minimum Gasteiger partial charge on any atom is -0.0878 e. The van der Waals surface area contributed by atoms with Gasteiger partial charge in [-0.05, 0) is 62.7 Å². The second-order valence-electron chi connectivity index (χ2n) is 6.43. The number of allylic oxidation sites excluding steroid dienone is 8. The maximum atomic E-state index is 2.41. The molecular weight excluding hydrogens is 228 g/mol. The molecule has 0 saturated heterocycles. The monoisotopic (exact) mass is 254 g/mol. The van der Waals surface area contributed by atoms with Crippen LogP contribution in [0.15, 0.2) is 47.6 Å². The predicted molar refractivity (Wildman–Crippen MR) is 82.8 cm³/mol. The van der Waals surface area contributed by atoms with E-state index in [1.165, 1.54) is 32.1 Å². The van der Waals surface area contributed by atoms with E-state index in [0.29, 0.717) is 0 Å². The molecule has 0 N–H and O–H groups in total. The fourth-order valence-electron chi connectivity index (χ4n) is 4.14. The van der Waals surface area contributed by atoms with Gasteiger partial charge in [0.15, 0.2) is 0 Å². The average molecular weight is 254 g/mol. The molecule has 0 amide bonds. The quantitative estimate of drug-likeness (QED) is 0.546. The third-order valence-electron chi connectivity index (χ3n) is 5.13. The van der Waals surface area contributed by atoms with Gasteiger partial charge >= 0.3 is 0 Å². The van der Waals surface area contributed by atoms with Crippen molar-refractivity contribution in [2.75, 3.05) is 0 Å². The first-order valence-electron chi connectivity index (χ1n) is 8.00. The van der Waals surface area contributed by atoms with Gasteiger partial charge in [0.1, 0.15) is 0 Å². The summed E-state index contributed by atoms with van der Waals surface area (Å²) in [5.41, 5.74) is 3.37. The summed E-state index contributed by atoms with van der Waals surface area (Å²) >= 11 is 0. The Morgan fingerprint density at radius 1 is 0.947 bits per heavy atom. The Morgan fingerprint density at radius 2 is 1.53 bits per heavy atom. The molecule has 0 aromatic rings. The van der Waals surface area contributed by atoms with E-state index in [0.717, 1.165) is 23.7 Å². The lowest BCUT2D eigenvalue weighted by Crippen LogP contribution is -1.91. The van der Waals surface area contributed by atoms with Crippen molar-refractivity contribution >= 4 is 0 Å². The largest absolute Gasteiger partial charge is 0.0878 e. The summed E-state index contributed by atoms with van der Waals surface area (Å²) in [6.45, 7) is 4.38. The summed E-state index contributed by atoms with van der Waals surface area (Å²) in [6.07, 6.45) is 20.9. The van der Waals surface area contributed by atoms with Gasteiger partial charge < -0.3 is 0 Å². The number of fused-ring (bicyclic) bond motifs is 4. The molecule has 0 heterocycles. The minimum atomic E-state index is 0.833. The summed E-state index contributed by atoms with van der Waals surface area (Å²) in [5.74, 6) is 3.48. The molecule has 4 aliphatic carbocycles.